The first kappa shape index (κ1) is 34.8. The van der Waals surface area contributed by atoms with Gasteiger partial charge >= 0.3 is 6.09 Å². The molecule has 12 nitrogen and oxygen atoms in total. The maximum atomic E-state index is 12.3. The van der Waals surface area contributed by atoms with E-state index in [-0.39, 0.29) is 17.5 Å². The standard InChI is InChI=1S/C18H28N4O.C16H23N3O4/c1-21-9-2-3-15(13-21)18(23)20-11-14-8-10-22(12-14)17-6-4-16(19)5-7-17;1-16(2,3)23-15(20)17-10-12-8-9-18(11-12)13-4-6-14(7-5-13)19(21)22/h4-7,14-15H,2-3,8-13,19H2,1H3,(H,20,23);4-7,12H,8-11H2,1-3H3,(H,17,20)/t14-,15?;12-/m11/s1. The molecule has 5 rings (SSSR count). The van der Waals surface area contributed by atoms with Crippen LogP contribution in [0.2, 0.25) is 0 Å². The van der Waals surface area contributed by atoms with Crippen molar-refractivity contribution in [2.45, 2.75) is 52.1 Å². The second-order valence-electron chi connectivity index (χ2n) is 13.8. The number of carbonyl (C=O) groups is 2. The molecule has 0 spiro atoms. The van der Waals surface area contributed by atoms with Crippen LogP contribution in [0.15, 0.2) is 48.5 Å². The van der Waals surface area contributed by atoms with Crippen molar-refractivity contribution < 1.29 is 19.2 Å². The molecule has 3 atom stereocenters. The highest BCUT2D eigenvalue weighted by atomic mass is 16.6. The number of piperidine rings is 1. The summed E-state index contributed by atoms with van der Waals surface area (Å²) in [5, 5.41) is 16.7. The first-order chi connectivity index (χ1) is 21.9. The number of anilines is 3. The Kier molecular flexibility index (Phi) is 12.1. The largest absolute Gasteiger partial charge is 0.444 e. The summed E-state index contributed by atoms with van der Waals surface area (Å²) in [6, 6.07) is 14.6. The highest BCUT2D eigenvalue weighted by molar-refractivity contribution is 5.79. The topological polar surface area (TPSA) is 146 Å². The number of nitro groups is 1. The minimum Gasteiger partial charge on any atom is -0.444 e. The van der Waals surface area contributed by atoms with Crippen molar-refractivity contribution in [3.8, 4) is 0 Å². The number of benzene rings is 2. The van der Waals surface area contributed by atoms with Gasteiger partial charge in [0, 0.05) is 75.0 Å². The highest BCUT2D eigenvalue weighted by Gasteiger charge is 2.27. The molecule has 1 unspecified atom stereocenters. The number of amides is 2. The van der Waals surface area contributed by atoms with E-state index in [9.17, 15) is 19.7 Å². The summed E-state index contributed by atoms with van der Waals surface area (Å²) < 4.78 is 5.22. The highest BCUT2D eigenvalue weighted by Crippen LogP contribution is 2.26. The number of nitrogens with one attached hydrogen (secondary N) is 2. The lowest BCUT2D eigenvalue weighted by molar-refractivity contribution is -0.384. The minimum atomic E-state index is -0.495. The third kappa shape index (κ3) is 10.8. The normalized spacial score (nSPS) is 21.7. The number of nitrogens with two attached hydrogens (primary N) is 1. The molecule has 46 heavy (non-hydrogen) atoms. The number of alkyl carbamates (subject to hydrolysis) is 1. The van der Waals surface area contributed by atoms with Crippen molar-refractivity contribution in [3.05, 3.63) is 58.6 Å². The molecule has 3 saturated heterocycles. The average molecular weight is 638 g/mol. The molecule has 2 amide bonds. The summed E-state index contributed by atoms with van der Waals surface area (Å²) in [7, 11) is 2.10. The Bertz CT molecular complexity index is 1300. The van der Waals surface area contributed by atoms with Gasteiger partial charge in [-0.2, -0.15) is 0 Å². The minimum absolute atomic E-state index is 0.0936. The van der Waals surface area contributed by atoms with Gasteiger partial charge in [-0.15, -0.1) is 0 Å². The summed E-state index contributed by atoms with van der Waals surface area (Å²) in [6.07, 6.45) is 3.86. The van der Waals surface area contributed by atoms with Crippen molar-refractivity contribution in [2.24, 2.45) is 17.8 Å². The summed E-state index contributed by atoms with van der Waals surface area (Å²) in [4.78, 5) is 41.1. The Morgan fingerprint density at radius 3 is 1.93 bits per heavy atom. The van der Waals surface area contributed by atoms with Crippen LogP contribution in [0.25, 0.3) is 0 Å². The van der Waals surface area contributed by atoms with Gasteiger partial charge in [-0.3, -0.25) is 14.9 Å². The zero-order chi connectivity index (χ0) is 33.3. The van der Waals surface area contributed by atoms with Gasteiger partial charge in [0.2, 0.25) is 5.91 Å². The van der Waals surface area contributed by atoms with E-state index in [0.717, 1.165) is 82.9 Å². The number of non-ortho nitro benzene ring substituents is 1. The fourth-order valence-electron chi connectivity index (χ4n) is 6.25. The number of nitrogens with zero attached hydrogens (tertiary/aromatic N) is 4. The van der Waals surface area contributed by atoms with Gasteiger partial charge in [0.15, 0.2) is 0 Å². The van der Waals surface area contributed by atoms with E-state index >= 15 is 0 Å². The molecule has 2 aromatic carbocycles. The maximum absolute atomic E-state index is 12.3. The third-order valence-corrected chi connectivity index (χ3v) is 8.75. The number of rotatable bonds is 8. The van der Waals surface area contributed by atoms with Crippen LogP contribution in [0.3, 0.4) is 0 Å². The number of nitrogen functional groups attached to an aromatic ring is 1. The number of hydrogen-bond donors (Lipinski definition) is 3. The molecule has 0 saturated carbocycles. The van der Waals surface area contributed by atoms with Crippen LogP contribution in [0.4, 0.5) is 27.5 Å². The molecule has 4 N–H and O–H groups in total. The van der Waals surface area contributed by atoms with Gasteiger partial charge in [0.25, 0.3) is 5.69 Å². The fraction of sp³-hybridized carbons (Fsp3) is 0.588. The number of carbonyl (C=O) groups excluding carboxylic acids is 2. The van der Waals surface area contributed by atoms with E-state index in [1.54, 1.807) is 12.1 Å². The predicted octanol–water partition coefficient (Wildman–Crippen LogP) is 4.50. The van der Waals surface area contributed by atoms with E-state index < -0.39 is 16.6 Å². The number of hydrogen-bond acceptors (Lipinski definition) is 9. The van der Waals surface area contributed by atoms with Crippen molar-refractivity contribution in [3.63, 3.8) is 0 Å². The number of nitro benzene ring substituents is 1. The van der Waals surface area contributed by atoms with Crippen molar-refractivity contribution >= 4 is 34.7 Å². The van der Waals surface area contributed by atoms with Gasteiger partial charge in [-0.05, 0) is 108 Å². The number of ether oxygens (including phenoxy) is 1. The molecule has 0 aromatic heterocycles. The fourth-order valence-corrected chi connectivity index (χ4v) is 6.25. The average Bonchev–Trinajstić information content (AvgIpc) is 3.69. The lowest BCUT2D eigenvalue weighted by atomic mass is 9.97. The van der Waals surface area contributed by atoms with E-state index in [2.05, 4.69) is 44.5 Å². The van der Waals surface area contributed by atoms with Crippen LogP contribution < -0.4 is 26.2 Å². The number of likely N-dealkylation sites (tertiary alicyclic amines) is 1. The van der Waals surface area contributed by atoms with Gasteiger partial charge < -0.3 is 35.8 Å². The summed E-state index contributed by atoms with van der Waals surface area (Å²) in [5.74, 6) is 1.29. The molecule has 12 heteroatoms. The molecule has 0 bridgehead atoms. The van der Waals surface area contributed by atoms with Gasteiger partial charge in [-0.1, -0.05) is 0 Å². The smallest absolute Gasteiger partial charge is 0.407 e. The van der Waals surface area contributed by atoms with Crippen LogP contribution in [-0.2, 0) is 9.53 Å². The summed E-state index contributed by atoms with van der Waals surface area (Å²) in [6.45, 7) is 12.6. The van der Waals surface area contributed by atoms with E-state index in [4.69, 9.17) is 10.5 Å². The Hall–Kier alpha value is -4.06. The molecule has 2 aromatic rings. The van der Waals surface area contributed by atoms with Crippen LogP contribution in [0, 0.1) is 27.9 Å². The molecule has 3 heterocycles. The van der Waals surface area contributed by atoms with E-state index in [1.807, 2.05) is 32.9 Å². The Balaban J connectivity index is 0.000000209. The SMILES string of the molecule is CC(C)(C)OC(=O)NC[C@H]1CCN(c2ccc([N+](=O)[O-])cc2)C1.CN1CCCC(C(=O)NC[C@H]2CCN(c3ccc(N)cc3)C2)C1. The molecular formula is C34H51N7O5. The second-order valence-corrected chi connectivity index (χ2v) is 13.8. The molecule has 0 radical (unpaired) electrons. The Morgan fingerprint density at radius 1 is 0.870 bits per heavy atom. The summed E-state index contributed by atoms with van der Waals surface area (Å²) in [5.41, 5.74) is 8.34. The molecule has 3 aliphatic heterocycles. The second kappa shape index (κ2) is 16.0. The maximum Gasteiger partial charge on any atom is 0.407 e. The predicted molar refractivity (Wildman–Crippen MR) is 182 cm³/mol. The monoisotopic (exact) mass is 637 g/mol. The van der Waals surface area contributed by atoms with E-state index in [0.29, 0.717) is 18.4 Å². The molecule has 0 aliphatic carbocycles. The third-order valence-electron chi connectivity index (χ3n) is 8.75. The van der Waals surface area contributed by atoms with Gasteiger partial charge in [0.1, 0.15) is 5.60 Å². The van der Waals surface area contributed by atoms with Crippen LogP contribution in [0.1, 0.15) is 46.5 Å². The van der Waals surface area contributed by atoms with Crippen LogP contribution in [-0.4, -0.2) is 86.8 Å². The molecule has 3 aliphatic rings. The summed E-state index contributed by atoms with van der Waals surface area (Å²) >= 11 is 0. The van der Waals surface area contributed by atoms with Gasteiger partial charge in [0.05, 0.1) is 10.8 Å². The van der Waals surface area contributed by atoms with Crippen molar-refractivity contribution in [2.75, 3.05) is 74.9 Å². The lowest BCUT2D eigenvalue weighted by Crippen LogP contribution is -2.42. The van der Waals surface area contributed by atoms with Crippen LogP contribution >= 0.6 is 0 Å². The van der Waals surface area contributed by atoms with Gasteiger partial charge in [-0.25, -0.2) is 4.79 Å². The first-order valence-electron chi connectivity index (χ1n) is 16.4. The first-order valence-corrected chi connectivity index (χ1v) is 16.4. The van der Waals surface area contributed by atoms with Crippen LogP contribution in [0.5, 0.6) is 0 Å². The van der Waals surface area contributed by atoms with E-state index in [1.165, 1.54) is 17.8 Å². The zero-order valence-corrected chi connectivity index (χ0v) is 27.7. The zero-order valence-electron chi connectivity index (χ0n) is 27.7. The lowest BCUT2D eigenvalue weighted by Gasteiger charge is -2.29. The van der Waals surface area contributed by atoms with Crippen molar-refractivity contribution in [1.29, 1.82) is 0 Å². The Morgan fingerprint density at radius 2 is 1.41 bits per heavy atom. The van der Waals surface area contributed by atoms with Crippen molar-refractivity contribution in [1.82, 2.24) is 15.5 Å². The molecule has 3 fully saturated rings. The quantitative estimate of drug-likeness (QED) is 0.216. The Labute approximate surface area is 272 Å². The molecular weight excluding hydrogens is 586 g/mol. The molecule has 252 valence electrons.